The first kappa shape index (κ1) is 27.7. The minimum atomic E-state index is -0.656. The molecule has 2 aliphatic carbocycles. The van der Waals surface area contributed by atoms with Gasteiger partial charge in [-0.3, -0.25) is 0 Å². The molecule has 1 saturated carbocycles. The maximum absolute atomic E-state index is 13.5. The number of nitrogens with zero attached hydrogens (tertiary/aromatic N) is 2. The smallest absolute Gasteiger partial charge is 0.178 e. The minimum absolute atomic E-state index is 0.0350. The Labute approximate surface area is 226 Å². The molecule has 0 amide bonds. The number of rotatable bonds is 5. The summed E-state index contributed by atoms with van der Waals surface area (Å²) in [7, 11) is 0. The van der Waals surface area contributed by atoms with Crippen LogP contribution in [-0.4, -0.2) is 28.3 Å². The molecule has 200 valence electrons. The van der Waals surface area contributed by atoms with Crippen molar-refractivity contribution in [1.82, 2.24) is 9.78 Å². The molecule has 5 heteroatoms. The predicted molar refractivity (Wildman–Crippen MR) is 153 cm³/mol. The number of hydrogen-bond donors (Lipinski definition) is 0. The molecule has 2 aromatic carbocycles. The Hall–Kier alpha value is -3.28. The number of aromatic nitrogens is 2. The Kier molecular flexibility index (Phi) is 8.80. The molecule has 6 rings (SSSR count). The fourth-order valence-electron chi connectivity index (χ4n) is 6.16. The van der Waals surface area contributed by atoms with Gasteiger partial charge in [0.1, 0.15) is 5.82 Å². The van der Waals surface area contributed by atoms with Gasteiger partial charge in [-0.15, -0.1) is 19.7 Å². The van der Waals surface area contributed by atoms with Crippen LogP contribution < -0.4 is 0 Å². The van der Waals surface area contributed by atoms with E-state index in [9.17, 15) is 4.39 Å². The Morgan fingerprint density at radius 3 is 2.55 bits per heavy atom. The second-order valence-electron chi connectivity index (χ2n) is 9.72. The molecule has 1 aromatic heterocycles. The highest BCUT2D eigenvalue weighted by molar-refractivity contribution is 5.62. The summed E-state index contributed by atoms with van der Waals surface area (Å²) in [5, 5.41) is 4.71. The molecule has 0 radical (unpaired) electrons. The van der Waals surface area contributed by atoms with E-state index in [-0.39, 0.29) is 17.3 Å². The monoisotopic (exact) mass is 514 g/mol. The average Bonchev–Trinajstić information content (AvgIpc) is 3.56. The lowest BCUT2D eigenvalue weighted by Gasteiger charge is -2.53. The van der Waals surface area contributed by atoms with Crippen molar-refractivity contribution >= 4 is 6.08 Å². The molecule has 0 N–H and O–H groups in total. The molecular weight excluding hydrogens is 475 g/mol. The Morgan fingerprint density at radius 1 is 1.11 bits per heavy atom. The standard InChI is InChI=1S/C29H29FN2O2.C2H6.C2H4/c1-2-7-26-20-33-29(34-26)15-6-10-23-16-27-22(18-28(23,29)17-21-8-4-3-5-9-21)19-31-32(27)25-13-11-24(30)12-14-25;2*1-2/h2-5,8-9,11-14,16,19,26H,1,6-7,10,15,17-18,20H2;1-2H3;1-2H2. The van der Waals surface area contributed by atoms with E-state index in [2.05, 4.69) is 56.1 Å². The van der Waals surface area contributed by atoms with E-state index in [4.69, 9.17) is 14.6 Å². The SMILES string of the molecule is C=C.C=CCC1COC2(CCCC3=Cc4c(cnn4-c4ccc(F)cc4)CC32Cc2ccccc2)O1.CC. The van der Waals surface area contributed by atoms with Gasteiger partial charge >= 0.3 is 0 Å². The lowest BCUT2D eigenvalue weighted by atomic mass is 9.58. The molecule has 1 saturated heterocycles. The zero-order valence-corrected chi connectivity index (χ0v) is 22.7. The Morgan fingerprint density at radius 2 is 1.84 bits per heavy atom. The van der Waals surface area contributed by atoms with E-state index >= 15 is 0 Å². The van der Waals surface area contributed by atoms with Crippen molar-refractivity contribution in [2.24, 2.45) is 5.41 Å². The number of hydrogen-bond acceptors (Lipinski definition) is 3. The maximum Gasteiger partial charge on any atom is 0.178 e. The number of fused-ring (bicyclic) bond motifs is 3. The van der Waals surface area contributed by atoms with Crippen molar-refractivity contribution in [3.63, 3.8) is 0 Å². The lowest BCUT2D eigenvalue weighted by Crippen LogP contribution is -2.56. The third kappa shape index (κ3) is 4.93. The quantitative estimate of drug-likeness (QED) is 0.325. The van der Waals surface area contributed by atoms with Gasteiger partial charge in [0.15, 0.2) is 5.79 Å². The highest BCUT2D eigenvalue weighted by Crippen LogP contribution is 2.59. The first-order chi connectivity index (χ1) is 18.6. The first-order valence-corrected chi connectivity index (χ1v) is 13.6. The maximum atomic E-state index is 13.5. The molecule has 1 aliphatic heterocycles. The van der Waals surface area contributed by atoms with Gasteiger partial charge in [0.05, 0.1) is 35.7 Å². The van der Waals surface area contributed by atoms with Crippen molar-refractivity contribution < 1.29 is 13.9 Å². The van der Waals surface area contributed by atoms with E-state index in [0.717, 1.165) is 49.9 Å². The van der Waals surface area contributed by atoms with Crippen LogP contribution in [0.3, 0.4) is 0 Å². The molecule has 38 heavy (non-hydrogen) atoms. The third-order valence-corrected chi connectivity index (χ3v) is 7.69. The number of halogens is 1. The lowest BCUT2D eigenvalue weighted by molar-refractivity contribution is -0.247. The zero-order valence-electron chi connectivity index (χ0n) is 22.7. The van der Waals surface area contributed by atoms with Crippen molar-refractivity contribution in [3.05, 3.63) is 115 Å². The summed E-state index contributed by atoms with van der Waals surface area (Å²) in [6.07, 6.45) is 11.5. The van der Waals surface area contributed by atoms with E-state index in [0.29, 0.717) is 6.61 Å². The molecule has 3 aliphatic rings. The molecular formula is C33H39FN2O2. The minimum Gasteiger partial charge on any atom is -0.346 e. The summed E-state index contributed by atoms with van der Waals surface area (Å²) in [4.78, 5) is 0. The van der Waals surface area contributed by atoms with Crippen molar-refractivity contribution in [2.45, 2.75) is 64.3 Å². The second kappa shape index (κ2) is 12.1. The summed E-state index contributed by atoms with van der Waals surface area (Å²) >= 11 is 0. The summed E-state index contributed by atoms with van der Waals surface area (Å²) in [6.45, 7) is 14.5. The van der Waals surface area contributed by atoms with Gasteiger partial charge in [0, 0.05) is 6.42 Å². The Bertz CT molecular complexity index is 1250. The van der Waals surface area contributed by atoms with Crippen molar-refractivity contribution in [2.75, 3.05) is 6.61 Å². The summed E-state index contributed by atoms with van der Waals surface area (Å²) < 4.78 is 28.9. The Balaban J connectivity index is 0.000000804. The largest absolute Gasteiger partial charge is 0.346 e. The van der Waals surface area contributed by atoms with Gasteiger partial charge < -0.3 is 9.47 Å². The average molecular weight is 515 g/mol. The van der Waals surface area contributed by atoms with Crippen LogP contribution in [0.5, 0.6) is 0 Å². The normalized spacial score (nSPS) is 25.1. The molecule has 1 spiro atoms. The van der Waals surface area contributed by atoms with Crippen LogP contribution in [0.15, 0.2) is 92.2 Å². The molecule has 3 unspecified atom stereocenters. The number of ether oxygens (including phenoxy) is 2. The topological polar surface area (TPSA) is 36.3 Å². The summed E-state index contributed by atoms with van der Waals surface area (Å²) in [5.74, 6) is -0.903. The van der Waals surface area contributed by atoms with Crippen LogP contribution in [0.1, 0.15) is 56.4 Å². The van der Waals surface area contributed by atoms with Crippen molar-refractivity contribution in [1.29, 1.82) is 0 Å². The van der Waals surface area contributed by atoms with Crippen LogP contribution in [0, 0.1) is 11.2 Å². The van der Waals surface area contributed by atoms with Crippen molar-refractivity contribution in [3.8, 4) is 5.69 Å². The molecule has 2 heterocycles. The third-order valence-electron chi connectivity index (χ3n) is 7.69. The predicted octanol–water partition coefficient (Wildman–Crippen LogP) is 7.88. The van der Waals surface area contributed by atoms with Gasteiger partial charge in [0.25, 0.3) is 0 Å². The van der Waals surface area contributed by atoms with Gasteiger partial charge in [0.2, 0.25) is 0 Å². The number of benzene rings is 2. The molecule has 0 bridgehead atoms. The zero-order chi connectivity index (χ0) is 27.2. The van der Waals surface area contributed by atoms with Crippen LogP contribution in [0.25, 0.3) is 11.8 Å². The van der Waals surface area contributed by atoms with Gasteiger partial charge in [-0.05, 0) is 73.6 Å². The molecule has 3 aromatic rings. The molecule has 3 atom stereocenters. The van der Waals surface area contributed by atoms with E-state index in [1.807, 2.05) is 30.8 Å². The highest BCUT2D eigenvalue weighted by atomic mass is 19.1. The van der Waals surface area contributed by atoms with Crippen LogP contribution in [-0.2, 0) is 22.3 Å². The van der Waals surface area contributed by atoms with Gasteiger partial charge in [-0.1, -0.05) is 55.8 Å². The molecule has 2 fully saturated rings. The van der Waals surface area contributed by atoms with E-state index in [1.165, 1.54) is 28.8 Å². The first-order valence-electron chi connectivity index (χ1n) is 13.6. The van der Waals surface area contributed by atoms with Crippen LogP contribution in [0.2, 0.25) is 0 Å². The fraction of sp³-hybridized carbons (Fsp3) is 0.364. The van der Waals surface area contributed by atoms with E-state index < -0.39 is 5.79 Å². The van der Waals surface area contributed by atoms with Gasteiger partial charge in [-0.25, -0.2) is 9.07 Å². The fourth-order valence-corrected chi connectivity index (χ4v) is 6.16. The van der Waals surface area contributed by atoms with Crippen LogP contribution >= 0.6 is 0 Å². The molecule has 4 nitrogen and oxygen atoms in total. The van der Waals surface area contributed by atoms with Gasteiger partial charge in [-0.2, -0.15) is 5.10 Å². The second-order valence-corrected chi connectivity index (χ2v) is 9.72. The summed E-state index contributed by atoms with van der Waals surface area (Å²) in [5.41, 5.74) is 5.45. The van der Waals surface area contributed by atoms with Crippen LogP contribution in [0.4, 0.5) is 4.39 Å². The van der Waals surface area contributed by atoms with E-state index in [1.54, 1.807) is 12.1 Å². The summed E-state index contributed by atoms with van der Waals surface area (Å²) in [6, 6.07) is 17.2. The highest BCUT2D eigenvalue weighted by Gasteiger charge is 2.61.